The average Bonchev–Trinajstić information content (AvgIpc) is 2.65. The molecule has 1 atom stereocenters. The van der Waals surface area contributed by atoms with Crippen molar-refractivity contribution in [3.05, 3.63) is 34.6 Å². The predicted octanol–water partition coefficient (Wildman–Crippen LogP) is 3.22. The molecule has 0 aromatic heterocycles. The maximum atomic E-state index is 14.2. The Kier molecular flexibility index (Phi) is 7.51. The van der Waals surface area contributed by atoms with Crippen molar-refractivity contribution in [2.75, 3.05) is 39.3 Å². The maximum absolute atomic E-state index is 14.2. The molecule has 0 spiro atoms. The van der Waals surface area contributed by atoms with Gasteiger partial charge in [-0.3, -0.25) is 9.80 Å². The van der Waals surface area contributed by atoms with Gasteiger partial charge in [0.2, 0.25) is 0 Å². The van der Waals surface area contributed by atoms with Gasteiger partial charge in [-0.15, -0.1) is 0 Å². The fourth-order valence-corrected chi connectivity index (χ4v) is 4.83. The molecule has 1 aromatic rings. The van der Waals surface area contributed by atoms with Crippen LogP contribution in [0.5, 0.6) is 0 Å². The number of aliphatic hydroxyl groups is 1. The second-order valence-electron chi connectivity index (χ2n) is 8.20. The molecule has 1 aromatic carbocycles. The number of hydrogen-bond donors (Lipinski definition) is 1. The Balaban J connectivity index is 1.62. The molecule has 2 aliphatic heterocycles. The van der Waals surface area contributed by atoms with Gasteiger partial charge in [0.25, 0.3) is 0 Å². The van der Waals surface area contributed by atoms with Gasteiger partial charge in [-0.1, -0.05) is 17.7 Å². The SMILES string of the molecule is CC(C)N1CCC(N2CCN(Cc3c(F)cccc3Cl)C[C@@H]2CCO)CC1. The lowest BCUT2D eigenvalue weighted by Gasteiger charge is -2.48. The predicted molar refractivity (Wildman–Crippen MR) is 109 cm³/mol. The topological polar surface area (TPSA) is 30.0 Å². The molecule has 3 rings (SSSR count). The summed E-state index contributed by atoms with van der Waals surface area (Å²) in [6, 6.07) is 6.41. The van der Waals surface area contributed by atoms with E-state index in [1.807, 2.05) is 0 Å². The number of nitrogens with zero attached hydrogens (tertiary/aromatic N) is 3. The third kappa shape index (κ3) is 5.21. The zero-order valence-corrected chi connectivity index (χ0v) is 17.3. The molecule has 2 saturated heterocycles. The Morgan fingerprint density at radius 3 is 2.56 bits per heavy atom. The summed E-state index contributed by atoms with van der Waals surface area (Å²) >= 11 is 6.21. The largest absolute Gasteiger partial charge is 0.396 e. The standard InChI is InChI=1S/C21H33ClFN3O/c1-16(2)25-9-6-17(7-10-25)26-12-11-24(14-18(26)8-13-27)15-19-20(22)4-3-5-21(19)23/h3-5,16-18,27H,6-15H2,1-2H3/t18-/m0/s1. The lowest BCUT2D eigenvalue weighted by atomic mass is 9.97. The van der Waals surface area contributed by atoms with Gasteiger partial charge in [-0.05, 0) is 58.3 Å². The Bertz CT molecular complexity index is 587. The molecule has 0 bridgehead atoms. The smallest absolute Gasteiger partial charge is 0.129 e. The van der Waals surface area contributed by atoms with E-state index in [-0.39, 0.29) is 12.4 Å². The van der Waals surface area contributed by atoms with Crippen LogP contribution in [0, 0.1) is 5.82 Å². The highest BCUT2D eigenvalue weighted by Gasteiger charge is 2.34. The fraction of sp³-hybridized carbons (Fsp3) is 0.714. The minimum absolute atomic E-state index is 0.195. The number of rotatable bonds is 6. The summed E-state index contributed by atoms with van der Waals surface area (Å²) in [7, 11) is 0. The summed E-state index contributed by atoms with van der Waals surface area (Å²) in [5.41, 5.74) is 0.584. The summed E-state index contributed by atoms with van der Waals surface area (Å²) in [6.07, 6.45) is 3.16. The van der Waals surface area contributed by atoms with Gasteiger partial charge in [-0.2, -0.15) is 0 Å². The summed E-state index contributed by atoms with van der Waals surface area (Å²) in [4.78, 5) is 7.44. The van der Waals surface area contributed by atoms with Gasteiger partial charge in [0.15, 0.2) is 0 Å². The van der Waals surface area contributed by atoms with Gasteiger partial charge in [0.1, 0.15) is 5.82 Å². The molecule has 0 unspecified atom stereocenters. The van der Waals surface area contributed by atoms with Crippen LogP contribution in [0.4, 0.5) is 4.39 Å². The molecule has 1 N–H and O–H groups in total. The van der Waals surface area contributed by atoms with E-state index in [4.69, 9.17) is 11.6 Å². The summed E-state index contributed by atoms with van der Waals surface area (Å²) < 4.78 is 14.2. The third-order valence-electron chi connectivity index (χ3n) is 6.22. The van der Waals surface area contributed by atoms with E-state index >= 15 is 0 Å². The van der Waals surface area contributed by atoms with Crippen molar-refractivity contribution in [2.45, 2.75) is 57.8 Å². The zero-order valence-electron chi connectivity index (χ0n) is 16.6. The monoisotopic (exact) mass is 397 g/mol. The molecule has 2 fully saturated rings. The van der Waals surface area contributed by atoms with Crippen LogP contribution in [0.1, 0.15) is 38.7 Å². The molecule has 0 amide bonds. The third-order valence-corrected chi connectivity index (χ3v) is 6.57. The van der Waals surface area contributed by atoms with Crippen molar-refractivity contribution in [3.63, 3.8) is 0 Å². The van der Waals surface area contributed by atoms with E-state index < -0.39 is 0 Å². The van der Waals surface area contributed by atoms with Crippen LogP contribution in [0.3, 0.4) is 0 Å². The minimum atomic E-state index is -0.232. The van der Waals surface area contributed by atoms with Crippen molar-refractivity contribution >= 4 is 11.6 Å². The van der Waals surface area contributed by atoms with Crippen molar-refractivity contribution in [3.8, 4) is 0 Å². The number of likely N-dealkylation sites (tertiary alicyclic amines) is 1. The number of hydrogen-bond acceptors (Lipinski definition) is 4. The Hall–Kier alpha value is -0.720. The van der Waals surface area contributed by atoms with Gasteiger partial charge in [-0.25, -0.2) is 4.39 Å². The van der Waals surface area contributed by atoms with Crippen LogP contribution < -0.4 is 0 Å². The zero-order chi connectivity index (χ0) is 19.4. The fourth-order valence-electron chi connectivity index (χ4n) is 4.60. The molecular weight excluding hydrogens is 365 g/mol. The molecule has 6 heteroatoms. The quantitative estimate of drug-likeness (QED) is 0.798. The molecule has 152 valence electrons. The second-order valence-corrected chi connectivity index (χ2v) is 8.61. The number of piperazine rings is 1. The normalized spacial score (nSPS) is 24.0. The van der Waals surface area contributed by atoms with Crippen LogP contribution in [0.15, 0.2) is 18.2 Å². The first-order chi connectivity index (χ1) is 13.0. The summed E-state index contributed by atoms with van der Waals surface area (Å²) in [5, 5.41) is 10.1. The van der Waals surface area contributed by atoms with Crippen LogP contribution in [-0.4, -0.2) is 77.3 Å². The highest BCUT2D eigenvalue weighted by atomic mass is 35.5. The van der Waals surface area contributed by atoms with Crippen LogP contribution >= 0.6 is 11.6 Å². The van der Waals surface area contributed by atoms with Gasteiger partial charge < -0.3 is 10.0 Å². The van der Waals surface area contributed by atoms with E-state index in [9.17, 15) is 9.50 Å². The highest BCUT2D eigenvalue weighted by Crippen LogP contribution is 2.26. The maximum Gasteiger partial charge on any atom is 0.129 e. The Morgan fingerprint density at radius 1 is 1.19 bits per heavy atom. The highest BCUT2D eigenvalue weighted by molar-refractivity contribution is 6.31. The number of halogens is 2. The van der Waals surface area contributed by atoms with Crippen molar-refractivity contribution in [2.24, 2.45) is 0 Å². The van der Waals surface area contributed by atoms with Crippen molar-refractivity contribution < 1.29 is 9.50 Å². The molecular formula is C21H33ClFN3O. The molecule has 0 saturated carbocycles. The van der Waals surface area contributed by atoms with E-state index in [2.05, 4.69) is 28.5 Å². The number of benzene rings is 1. The lowest BCUT2D eigenvalue weighted by Crippen LogP contribution is -2.58. The summed E-state index contributed by atoms with van der Waals surface area (Å²) in [5.74, 6) is -0.232. The van der Waals surface area contributed by atoms with Crippen molar-refractivity contribution in [1.29, 1.82) is 0 Å². The van der Waals surface area contributed by atoms with Crippen molar-refractivity contribution in [1.82, 2.24) is 14.7 Å². The average molecular weight is 398 g/mol. The molecule has 4 nitrogen and oxygen atoms in total. The van der Waals surface area contributed by atoms with Gasteiger partial charge in [0.05, 0.1) is 0 Å². The number of piperidine rings is 1. The second kappa shape index (κ2) is 9.66. The van der Waals surface area contributed by atoms with E-state index in [1.165, 1.54) is 18.9 Å². The molecule has 2 heterocycles. The van der Waals surface area contributed by atoms with E-state index in [1.54, 1.807) is 12.1 Å². The lowest BCUT2D eigenvalue weighted by molar-refractivity contribution is -0.000279. The molecule has 2 aliphatic rings. The van der Waals surface area contributed by atoms with Crippen LogP contribution in [0.2, 0.25) is 5.02 Å². The summed E-state index contributed by atoms with van der Waals surface area (Å²) in [6.45, 7) is 10.3. The Labute approximate surface area is 167 Å². The molecule has 27 heavy (non-hydrogen) atoms. The van der Waals surface area contributed by atoms with Crippen LogP contribution in [0.25, 0.3) is 0 Å². The molecule has 0 radical (unpaired) electrons. The van der Waals surface area contributed by atoms with E-state index in [0.29, 0.717) is 35.3 Å². The van der Waals surface area contributed by atoms with Crippen LogP contribution in [-0.2, 0) is 6.54 Å². The Morgan fingerprint density at radius 2 is 1.93 bits per heavy atom. The number of aliphatic hydroxyl groups excluding tert-OH is 1. The molecule has 0 aliphatic carbocycles. The van der Waals surface area contributed by atoms with Gasteiger partial charge >= 0.3 is 0 Å². The minimum Gasteiger partial charge on any atom is -0.396 e. The van der Waals surface area contributed by atoms with E-state index in [0.717, 1.165) is 39.1 Å². The first kappa shape index (κ1) is 21.0. The first-order valence-electron chi connectivity index (χ1n) is 10.3. The van der Waals surface area contributed by atoms with Gasteiger partial charge in [0, 0.05) is 61.5 Å². The first-order valence-corrected chi connectivity index (χ1v) is 10.6.